The summed E-state index contributed by atoms with van der Waals surface area (Å²) in [5, 5.41) is 0. The molecule has 0 aliphatic heterocycles. The van der Waals surface area contributed by atoms with Crippen LogP contribution in [-0.2, 0) is 0 Å². The van der Waals surface area contributed by atoms with Crippen molar-refractivity contribution in [1.82, 2.24) is 0 Å². The first-order valence-electron chi connectivity index (χ1n) is 4.19. The monoisotopic (exact) mass is 368 g/mol. The second-order valence-corrected chi connectivity index (χ2v) is 4.66. The van der Waals surface area contributed by atoms with Crippen LogP contribution in [-0.4, -0.2) is 12.4 Å². The van der Waals surface area contributed by atoms with E-state index in [0.717, 1.165) is 13.8 Å². The molecule has 0 N–H and O–H groups in total. The van der Waals surface area contributed by atoms with Crippen molar-refractivity contribution in [3.63, 3.8) is 0 Å². The highest BCUT2D eigenvalue weighted by Crippen LogP contribution is 2.30. The zero-order chi connectivity index (χ0) is 10.7. The van der Waals surface area contributed by atoms with E-state index in [1.807, 2.05) is 19.1 Å². The highest BCUT2D eigenvalue weighted by molar-refractivity contribution is 14.1. The topological polar surface area (TPSA) is 26.3 Å². The van der Waals surface area contributed by atoms with E-state index < -0.39 is 0 Å². The second kappa shape index (κ2) is 5.11. The smallest absolute Gasteiger partial charge is 0.162 e. The summed E-state index contributed by atoms with van der Waals surface area (Å²) in [7, 11) is 0. The predicted molar refractivity (Wildman–Crippen MR) is 68.0 cm³/mol. The van der Waals surface area contributed by atoms with Gasteiger partial charge in [0.25, 0.3) is 0 Å². The van der Waals surface area contributed by atoms with Crippen LogP contribution in [0.4, 0.5) is 0 Å². The molecule has 0 atom stereocenters. The van der Waals surface area contributed by atoms with Crippen LogP contribution in [0.5, 0.6) is 5.75 Å². The van der Waals surface area contributed by atoms with Crippen LogP contribution in [0.25, 0.3) is 0 Å². The van der Waals surface area contributed by atoms with E-state index in [4.69, 9.17) is 4.74 Å². The van der Waals surface area contributed by atoms with Crippen LogP contribution < -0.4 is 4.74 Å². The van der Waals surface area contributed by atoms with Crippen LogP contribution in [0.1, 0.15) is 24.2 Å². The minimum Gasteiger partial charge on any atom is -0.493 e. The van der Waals surface area contributed by atoms with Crippen molar-refractivity contribution < 1.29 is 9.53 Å². The van der Waals surface area contributed by atoms with Gasteiger partial charge in [-0.25, -0.2) is 0 Å². The van der Waals surface area contributed by atoms with E-state index >= 15 is 0 Å². The zero-order valence-corrected chi connectivity index (χ0v) is 11.7. The fourth-order valence-corrected chi connectivity index (χ4v) is 3.11. The van der Waals surface area contributed by atoms with Gasteiger partial charge >= 0.3 is 0 Å². The highest BCUT2D eigenvalue weighted by atomic mass is 127. The van der Waals surface area contributed by atoms with E-state index in [-0.39, 0.29) is 5.78 Å². The van der Waals surface area contributed by atoms with E-state index in [1.165, 1.54) is 0 Å². The number of Topliss-reactive ketones (excluding diaryl/α,β-unsaturated/α-hetero) is 1. The molecule has 4 heteroatoms. The summed E-state index contributed by atoms with van der Waals surface area (Å²) in [5.41, 5.74) is 0.691. The molecule has 76 valence electrons. The number of carbonyl (C=O) groups excluding carboxylic acids is 1. The van der Waals surface area contributed by atoms with Crippen molar-refractivity contribution in [3.05, 3.63) is 25.7 Å². The molecule has 0 unspecified atom stereocenters. The quantitative estimate of drug-likeness (QED) is 0.601. The van der Waals surface area contributed by atoms with Crippen molar-refractivity contribution in [2.75, 3.05) is 6.61 Å². The maximum absolute atomic E-state index is 11.4. The third kappa shape index (κ3) is 2.48. The molecule has 1 aromatic rings. The standard InChI is InChI=1S/C10H10BrIO2/c1-3-14-8-5-4-7(11)9(6(2)13)10(8)12/h4-5H,3H2,1-2H3. The van der Waals surface area contributed by atoms with Crippen molar-refractivity contribution in [2.24, 2.45) is 0 Å². The van der Waals surface area contributed by atoms with Gasteiger partial charge in [-0.05, 0) is 48.6 Å². The van der Waals surface area contributed by atoms with E-state index in [9.17, 15) is 4.79 Å². The van der Waals surface area contributed by atoms with Gasteiger partial charge in [0.15, 0.2) is 5.78 Å². The van der Waals surface area contributed by atoms with Gasteiger partial charge < -0.3 is 4.74 Å². The SMILES string of the molecule is CCOc1ccc(Br)c(C(C)=O)c1I. The molecule has 2 nitrogen and oxygen atoms in total. The van der Waals surface area contributed by atoms with Crippen LogP contribution in [0.2, 0.25) is 0 Å². The van der Waals surface area contributed by atoms with Crippen molar-refractivity contribution >= 4 is 44.3 Å². The van der Waals surface area contributed by atoms with Crippen molar-refractivity contribution in [3.8, 4) is 5.75 Å². The number of hydrogen-bond donors (Lipinski definition) is 0. The van der Waals surface area contributed by atoms with Gasteiger partial charge in [-0.2, -0.15) is 0 Å². The number of carbonyl (C=O) groups is 1. The minimum atomic E-state index is 0.0443. The molecule has 0 aliphatic carbocycles. The first kappa shape index (κ1) is 12.0. The molecule has 0 saturated heterocycles. The summed E-state index contributed by atoms with van der Waals surface area (Å²) in [5.74, 6) is 0.810. The molecule has 0 aromatic heterocycles. The first-order valence-corrected chi connectivity index (χ1v) is 6.06. The Morgan fingerprint density at radius 3 is 2.71 bits per heavy atom. The Hall–Kier alpha value is -0.100. The lowest BCUT2D eigenvalue weighted by Gasteiger charge is -2.09. The normalized spacial score (nSPS) is 10.0. The Kier molecular flexibility index (Phi) is 4.37. The fraction of sp³-hybridized carbons (Fsp3) is 0.300. The number of rotatable bonds is 3. The number of halogens is 2. The molecule has 0 bridgehead atoms. The molecule has 0 fully saturated rings. The second-order valence-electron chi connectivity index (χ2n) is 2.72. The molecular weight excluding hydrogens is 359 g/mol. The van der Waals surface area contributed by atoms with E-state index in [1.54, 1.807) is 6.92 Å². The molecule has 1 rings (SSSR count). The number of ketones is 1. The van der Waals surface area contributed by atoms with Gasteiger partial charge in [0.1, 0.15) is 5.75 Å². The Balaban J connectivity index is 3.26. The van der Waals surface area contributed by atoms with Crippen LogP contribution in [0, 0.1) is 3.57 Å². The van der Waals surface area contributed by atoms with Crippen molar-refractivity contribution in [1.29, 1.82) is 0 Å². The summed E-state index contributed by atoms with van der Waals surface area (Å²) in [6.07, 6.45) is 0. The largest absolute Gasteiger partial charge is 0.493 e. The maximum Gasteiger partial charge on any atom is 0.162 e. The highest BCUT2D eigenvalue weighted by Gasteiger charge is 2.13. The van der Waals surface area contributed by atoms with Gasteiger partial charge in [0, 0.05) is 10.0 Å². The maximum atomic E-state index is 11.4. The fourth-order valence-electron chi connectivity index (χ4n) is 1.12. The summed E-state index contributed by atoms with van der Waals surface area (Å²) in [6.45, 7) is 4.08. The zero-order valence-electron chi connectivity index (χ0n) is 7.93. The lowest BCUT2D eigenvalue weighted by atomic mass is 10.1. The van der Waals surface area contributed by atoms with E-state index in [0.29, 0.717) is 12.2 Å². The summed E-state index contributed by atoms with van der Waals surface area (Å²) >= 11 is 5.48. The van der Waals surface area contributed by atoms with Gasteiger partial charge in [0.2, 0.25) is 0 Å². The molecule has 1 aromatic carbocycles. The average molecular weight is 369 g/mol. The Morgan fingerprint density at radius 1 is 1.57 bits per heavy atom. The van der Waals surface area contributed by atoms with Gasteiger partial charge in [-0.15, -0.1) is 0 Å². The molecule has 0 aliphatic rings. The molecule has 0 saturated carbocycles. The molecule has 0 radical (unpaired) electrons. The number of benzene rings is 1. The third-order valence-electron chi connectivity index (χ3n) is 1.71. The van der Waals surface area contributed by atoms with Gasteiger partial charge in [0.05, 0.1) is 10.2 Å². The van der Waals surface area contributed by atoms with Crippen LogP contribution in [0.15, 0.2) is 16.6 Å². The minimum absolute atomic E-state index is 0.0443. The predicted octanol–water partition coefficient (Wildman–Crippen LogP) is 3.66. The number of hydrogen-bond acceptors (Lipinski definition) is 2. The Labute approximate surface area is 105 Å². The molecule has 0 spiro atoms. The van der Waals surface area contributed by atoms with E-state index in [2.05, 4.69) is 38.5 Å². The van der Waals surface area contributed by atoms with Gasteiger partial charge in [-0.3, -0.25) is 4.79 Å². The first-order chi connectivity index (χ1) is 6.57. The lowest BCUT2D eigenvalue weighted by molar-refractivity contribution is 0.101. The van der Waals surface area contributed by atoms with Gasteiger partial charge in [-0.1, -0.05) is 15.9 Å². The molecular formula is C10H10BrIO2. The number of ether oxygens (including phenoxy) is 1. The molecule has 14 heavy (non-hydrogen) atoms. The molecule has 0 heterocycles. The molecule has 0 amide bonds. The van der Waals surface area contributed by atoms with Crippen LogP contribution in [0.3, 0.4) is 0 Å². The summed E-state index contributed by atoms with van der Waals surface area (Å²) < 4.78 is 7.09. The third-order valence-corrected chi connectivity index (χ3v) is 3.44. The Bertz CT molecular complexity index is 363. The average Bonchev–Trinajstić information content (AvgIpc) is 2.10. The summed E-state index contributed by atoms with van der Waals surface area (Å²) in [4.78, 5) is 11.4. The lowest BCUT2D eigenvalue weighted by Crippen LogP contribution is -2.02. The van der Waals surface area contributed by atoms with Crippen molar-refractivity contribution in [2.45, 2.75) is 13.8 Å². The summed E-state index contributed by atoms with van der Waals surface area (Å²) in [6, 6.07) is 3.70. The van der Waals surface area contributed by atoms with Crippen LogP contribution >= 0.6 is 38.5 Å². The Morgan fingerprint density at radius 2 is 2.21 bits per heavy atom.